The van der Waals surface area contributed by atoms with Crippen molar-refractivity contribution in [3.05, 3.63) is 65.9 Å². The number of benzene rings is 1. The third kappa shape index (κ3) is 6.05. The van der Waals surface area contributed by atoms with Crippen molar-refractivity contribution in [3.63, 3.8) is 0 Å². The molecule has 0 saturated heterocycles. The molecule has 0 spiro atoms. The van der Waals surface area contributed by atoms with Crippen molar-refractivity contribution in [2.75, 3.05) is 6.54 Å². The highest BCUT2D eigenvalue weighted by atomic mass is 127. The van der Waals surface area contributed by atoms with E-state index in [0.29, 0.717) is 12.5 Å². The summed E-state index contributed by atoms with van der Waals surface area (Å²) in [5.41, 5.74) is 3.24. The summed E-state index contributed by atoms with van der Waals surface area (Å²) >= 11 is 0. The minimum atomic E-state index is 0. The van der Waals surface area contributed by atoms with Crippen LogP contribution in [0.15, 0.2) is 53.7 Å². The van der Waals surface area contributed by atoms with E-state index >= 15 is 0 Å². The van der Waals surface area contributed by atoms with Crippen LogP contribution in [0, 0.1) is 0 Å². The Kier molecular flexibility index (Phi) is 8.60. The number of aryl methyl sites for hydroxylation is 1. The second-order valence-corrected chi connectivity index (χ2v) is 8.21. The number of nitrogens with zero attached hydrogens (tertiary/aromatic N) is 5. The molecule has 3 heterocycles. The molecule has 0 saturated carbocycles. The van der Waals surface area contributed by atoms with Crippen LogP contribution in [0.5, 0.6) is 0 Å². The van der Waals surface area contributed by atoms with Crippen LogP contribution in [-0.2, 0) is 19.5 Å². The van der Waals surface area contributed by atoms with Gasteiger partial charge in [0.15, 0.2) is 11.8 Å². The Labute approximate surface area is 207 Å². The van der Waals surface area contributed by atoms with E-state index in [-0.39, 0.29) is 30.0 Å². The summed E-state index contributed by atoms with van der Waals surface area (Å²) in [6.07, 6.45) is 3.78. The topological polar surface area (TPSA) is 80.0 Å². The summed E-state index contributed by atoms with van der Waals surface area (Å²) in [5, 5.41) is 11.7. The fraction of sp³-hybridized carbons (Fsp3) is 0.417. The molecule has 8 heteroatoms. The second kappa shape index (κ2) is 11.4. The van der Waals surface area contributed by atoms with Gasteiger partial charge in [-0.15, -0.1) is 24.0 Å². The van der Waals surface area contributed by atoms with Crippen LogP contribution in [0.2, 0.25) is 0 Å². The lowest BCUT2D eigenvalue weighted by Gasteiger charge is -2.25. The SMILES string of the molecule is CCNC(=NCc1cccc(-c2ccccn2)c1)NC1CCc2nc(C(C)C)nn2C1.I. The van der Waals surface area contributed by atoms with Crippen LogP contribution in [0.1, 0.15) is 50.3 Å². The number of nitrogens with one attached hydrogen (secondary N) is 2. The van der Waals surface area contributed by atoms with Crippen molar-refractivity contribution in [2.24, 2.45) is 4.99 Å². The zero-order valence-corrected chi connectivity index (χ0v) is 21.3. The molecule has 4 rings (SSSR count). The third-order valence-corrected chi connectivity index (χ3v) is 5.38. The molecule has 1 aromatic carbocycles. The van der Waals surface area contributed by atoms with Gasteiger partial charge in [-0.2, -0.15) is 5.10 Å². The van der Waals surface area contributed by atoms with E-state index in [2.05, 4.69) is 75.4 Å². The van der Waals surface area contributed by atoms with Gasteiger partial charge in [-0.05, 0) is 37.1 Å². The maximum Gasteiger partial charge on any atom is 0.191 e. The third-order valence-electron chi connectivity index (χ3n) is 5.38. The number of pyridine rings is 1. The van der Waals surface area contributed by atoms with Crippen molar-refractivity contribution >= 4 is 29.9 Å². The molecule has 1 atom stereocenters. The number of halogens is 1. The number of fused-ring (bicyclic) bond motifs is 1. The summed E-state index contributed by atoms with van der Waals surface area (Å²) in [4.78, 5) is 14.0. The highest BCUT2D eigenvalue weighted by molar-refractivity contribution is 14.0. The molecule has 0 bridgehead atoms. The lowest BCUT2D eigenvalue weighted by molar-refractivity contribution is 0.391. The summed E-state index contributed by atoms with van der Waals surface area (Å²) in [6, 6.07) is 14.7. The van der Waals surface area contributed by atoms with Gasteiger partial charge in [0.25, 0.3) is 0 Å². The van der Waals surface area contributed by atoms with Crippen LogP contribution < -0.4 is 10.6 Å². The summed E-state index contributed by atoms with van der Waals surface area (Å²) in [7, 11) is 0. The molecule has 2 aromatic heterocycles. The van der Waals surface area contributed by atoms with Gasteiger partial charge >= 0.3 is 0 Å². The Morgan fingerprint density at radius 2 is 2.09 bits per heavy atom. The predicted molar refractivity (Wildman–Crippen MR) is 139 cm³/mol. The first-order chi connectivity index (χ1) is 15.1. The zero-order chi connectivity index (χ0) is 21.6. The standard InChI is InChI=1S/C24H31N7.HI/c1-4-25-24(28-20-11-12-22-29-23(17(2)3)30-31(22)16-20)27-15-18-8-7-9-19(14-18)21-10-5-6-13-26-21;/h5-10,13-14,17,20H,4,11-12,15-16H2,1-3H3,(H2,25,27,28);1H. The van der Waals surface area contributed by atoms with E-state index < -0.39 is 0 Å². The van der Waals surface area contributed by atoms with E-state index in [4.69, 9.17) is 4.99 Å². The molecule has 7 nitrogen and oxygen atoms in total. The largest absolute Gasteiger partial charge is 0.357 e. The monoisotopic (exact) mass is 545 g/mol. The number of aromatic nitrogens is 4. The molecule has 3 aromatic rings. The van der Waals surface area contributed by atoms with Crippen molar-refractivity contribution < 1.29 is 0 Å². The molecule has 0 fully saturated rings. The Morgan fingerprint density at radius 3 is 2.84 bits per heavy atom. The quantitative estimate of drug-likeness (QED) is 0.277. The van der Waals surface area contributed by atoms with Crippen molar-refractivity contribution in [2.45, 2.75) is 58.7 Å². The molecule has 170 valence electrons. The molecular weight excluding hydrogens is 513 g/mol. The first kappa shape index (κ1) is 24.2. The van der Waals surface area contributed by atoms with E-state index in [0.717, 1.165) is 60.4 Å². The van der Waals surface area contributed by atoms with E-state index in [9.17, 15) is 0 Å². The molecule has 1 aliphatic rings. The maximum atomic E-state index is 4.83. The van der Waals surface area contributed by atoms with Gasteiger partial charge in [0.1, 0.15) is 5.82 Å². The Hall–Kier alpha value is -2.49. The number of rotatable bonds is 6. The van der Waals surface area contributed by atoms with Gasteiger partial charge in [-0.3, -0.25) is 4.98 Å². The smallest absolute Gasteiger partial charge is 0.191 e. The molecule has 1 unspecified atom stereocenters. The summed E-state index contributed by atoms with van der Waals surface area (Å²) in [5.74, 6) is 3.22. The number of hydrogen-bond acceptors (Lipinski definition) is 4. The average molecular weight is 545 g/mol. The van der Waals surface area contributed by atoms with Crippen molar-refractivity contribution in [3.8, 4) is 11.3 Å². The highest BCUT2D eigenvalue weighted by Crippen LogP contribution is 2.19. The molecule has 0 radical (unpaired) electrons. The lowest BCUT2D eigenvalue weighted by Crippen LogP contribution is -2.47. The fourth-order valence-corrected chi connectivity index (χ4v) is 3.74. The van der Waals surface area contributed by atoms with Crippen LogP contribution in [0.3, 0.4) is 0 Å². The summed E-state index contributed by atoms with van der Waals surface area (Å²) in [6.45, 7) is 8.60. The van der Waals surface area contributed by atoms with Crippen LogP contribution in [-0.4, -0.2) is 38.3 Å². The molecule has 2 N–H and O–H groups in total. The fourth-order valence-electron chi connectivity index (χ4n) is 3.74. The molecular formula is C24H32IN7. The normalized spacial score (nSPS) is 15.8. The number of hydrogen-bond donors (Lipinski definition) is 2. The number of guanidine groups is 1. The molecule has 0 amide bonds. The molecule has 32 heavy (non-hydrogen) atoms. The molecule has 0 aliphatic carbocycles. The molecule has 1 aliphatic heterocycles. The van der Waals surface area contributed by atoms with Crippen molar-refractivity contribution in [1.82, 2.24) is 30.4 Å². The van der Waals surface area contributed by atoms with E-state index in [1.165, 1.54) is 0 Å². The lowest BCUT2D eigenvalue weighted by atomic mass is 10.1. The minimum absolute atomic E-state index is 0. The van der Waals surface area contributed by atoms with Gasteiger partial charge in [-0.25, -0.2) is 14.7 Å². The Morgan fingerprint density at radius 1 is 1.22 bits per heavy atom. The second-order valence-electron chi connectivity index (χ2n) is 8.21. The minimum Gasteiger partial charge on any atom is -0.357 e. The first-order valence-corrected chi connectivity index (χ1v) is 11.1. The Balaban J connectivity index is 0.00000289. The van der Waals surface area contributed by atoms with Gasteiger partial charge in [-0.1, -0.05) is 38.1 Å². The van der Waals surface area contributed by atoms with Crippen molar-refractivity contribution in [1.29, 1.82) is 0 Å². The van der Waals surface area contributed by atoms with Crippen LogP contribution >= 0.6 is 24.0 Å². The first-order valence-electron chi connectivity index (χ1n) is 11.1. The van der Waals surface area contributed by atoms with Gasteiger partial charge in [0.05, 0.1) is 18.8 Å². The maximum absolute atomic E-state index is 4.83. The predicted octanol–water partition coefficient (Wildman–Crippen LogP) is 4.15. The van der Waals surface area contributed by atoms with Gasteiger partial charge < -0.3 is 10.6 Å². The number of aliphatic imine (C=N–C) groups is 1. The van der Waals surface area contributed by atoms with E-state index in [1.807, 2.05) is 24.4 Å². The average Bonchev–Trinajstić information content (AvgIpc) is 3.22. The highest BCUT2D eigenvalue weighted by Gasteiger charge is 2.23. The Bertz CT molecular complexity index is 1030. The van der Waals surface area contributed by atoms with Gasteiger partial charge in [0.2, 0.25) is 0 Å². The van der Waals surface area contributed by atoms with Crippen LogP contribution in [0.4, 0.5) is 0 Å². The summed E-state index contributed by atoms with van der Waals surface area (Å²) < 4.78 is 2.05. The van der Waals surface area contributed by atoms with Gasteiger partial charge in [0, 0.05) is 36.7 Å². The zero-order valence-electron chi connectivity index (χ0n) is 19.0. The van der Waals surface area contributed by atoms with E-state index in [1.54, 1.807) is 0 Å². The van der Waals surface area contributed by atoms with Crippen LogP contribution in [0.25, 0.3) is 11.3 Å².